The zero-order chi connectivity index (χ0) is 19.0. The Morgan fingerprint density at radius 3 is 2.78 bits per heavy atom. The van der Waals surface area contributed by atoms with Gasteiger partial charge in [0.15, 0.2) is 6.10 Å². The number of para-hydroxylation sites is 2. The van der Waals surface area contributed by atoms with Crippen LogP contribution >= 0.6 is 22.9 Å². The quantitative estimate of drug-likeness (QED) is 0.607. The zero-order valence-corrected chi connectivity index (χ0v) is 16.0. The molecule has 1 atom stereocenters. The minimum atomic E-state index is -0.648. The first-order valence-electron chi connectivity index (χ1n) is 8.43. The molecule has 1 aliphatic heterocycles. The van der Waals surface area contributed by atoms with Crippen molar-refractivity contribution in [2.75, 3.05) is 11.4 Å². The van der Waals surface area contributed by atoms with Crippen molar-refractivity contribution in [3.63, 3.8) is 0 Å². The number of nitrogens with zero attached hydrogens (tertiary/aromatic N) is 1. The molecule has 2 aromatic carbocycles. The number of fused-ring (bicyclic) bond motifs is 2. The fourth-order valence-electron chi connectivity index (χ4n) is 3.00. The lowest BCUT2D eigenvalue weighted by Gasteiger charge is -2.32. The molecule has 1 aromatic heterocycles. The van der Waals surface area contributed by atoms with Crippen LogP contribution in [0.1, 0.15) is 11.8 Å². The summed E-state index contributed by atoms with van der Waals surface area (Å²) in [5.41, 5.74) is 0.567. The number of rotatable bonds is 4. The summed E-state index contributed by atoms with van der Waals surface area (Å²) in [6.45, 7) is 1.56. The van der Waals surface area contributed by atoms with Crippen molar-refractivity contribution in [1.29, 1.82) is 0 Å². The van der Waals surface area contributed by atoms with E-state index in [1.165, 1.54) is 16.2 Å². The maximum Gasteiger partial charge on any atom is 0.326 e. The van der Waals surface area contributed by atoms with Crippen molar-refractivity contribution in [2.45, 2.75) is 19.6 Å². The molecule has 1 aliphatic rings. The number of carbonyl (C=O) groups is 2. The predicted molar refractivity (Wildman–Crippen MR) is 106 cm³/mol. The van der Waals surface area contributed by atoms with Crippen LogP contribution in [0.5, 0.6) is 5.75 Å². The highest BCUT2D eigenvalue weighted by Gasteiger charge is 2.32. The highest BCUT2D eigenvalue weighted by Crippen LogP contribution is 2.36. The Morgan fingerprint density at radius 1 is 1.22 bits per heavy atom. The van der Waals surface area contributed by atoms with Crippen LogP contribution in [0.2, 0.25) is 5.02 Å². The van der Waals surface area contributed by atoms with Gasteiger partial charge in [-0.15, -0.1) is 11.3 Å². The number of amides is 1. The summed E-state index contributed by atoms with van der Waals surface area (Å²) in [5, 5.41) is 1.55. The molecule has 0 saturated carbocycles. The second kappa shape index (κ2) is 7.21. The van der Waals surface area contributed by atoms with Gasteiger partial charge in [-0.1, -0.05) is 41.9 Å². The lowest BCUT2D eigenvalue weighted by molar-refractivity contribution is -0.144. The standard InChI is InChI=1S/C20H16ClNO4S/c1-12-20(24)22(14-7-3-4-8-15(14)26-12)10-18(23)25-11-17-19(21)13-6-2-5-9-16(13)27-17/h2-9,12H,10-11H2,1H3. The van der Waals surface area contributed by atoms with Crippen molar-refractivity contribution < 1.29 is 19.1 Å². The molecule has 0 bridgehead atoms. The van der Waals surface area contributed by atoms with E-state index in [4.69, 9.17) is 21.1 Å². The molecule has 0 radical (unpaired) electrons. The zero-order valence-electron chi connectivity index (χ0n) is 14.5. The van der Waals surface area contributed by atoms with Gasteiger partial charge < -0.3 is 9.47 Å². The minimum absolute atomic E-state index is 0.0761. The van der Waals surface area contributed by atoms with Crippen LogP contribution in [0.25, 0.3) is 10.1 Å². The third kappa shape index (κ3) is 3.38. The second-order valence-electron chi connectivity index (χ2n) is 6.15. The molecular formula is C20H16ClNO4S. The van der Waals surface area contributed by atoms with Crippen molar-refractivity contribution in [2.24, 2.45) is 0 Å². The third-order valence-electron chi connectivity index (χ3n) is 4.33. The van der Waals surface area contributed by atoms with Crippen LogP contribution in [-0.2, 0) is 20.9 Å². The van der Waals surface area contributed by atoms with E-state index in [1.807, 2.05) is 30.3 Å². The second-order valence-corrected chi connectivity index (χ2v) is 7.66. The summed E-state index contributed by atoms with van der Waals surface area (Å²) in [4.78, 5) is 27.0. The number of esters is 1. The van der Waals surface area contributed by atoms with Crippen molar-refractivity contribution in [1.82, 2.24) is 0 Å². The lowest BCUT2D eigenvalue weighted by atomic mass is 10.2. The average molecular weight is 402 g/mol. The molecule has 0 fully saturated rings. The molecule has 0 saturated heterocycles. The molecule has 138 valence electrons. The molecule has 1 amide bonds. The highest BCUT2D eigenvalue weighted by molar-refractivity contribution is 7.19. The minimum Gasteiger partial charge on any atom is -0.479 e. The Morgan fingerprint density at radius 2 is 1.96 bits per heavy atom. The topological polar surface area (TPSA) is 55.8 Å². The molecule has 27 heavy (non-hydrogen) atoms. The molecule has 2 heterocycles. The van der Waals surface area contributed by atoms with Gasteiger partial charge >= 0.3 is 5.97 Å². The van der Waals surface area contributed by atoms with E-state index in [0.29, 0.717) is 16.5 Å². The van der Waals surface area contributed by atoms with Crippen LogP contribution in [-0.4, -0.2) is 24.5 Å². The summed E-state index contributed by atoms with van der Waals surface area (Å²) in [6, 6.07) is 14.9. The van der Waals surface area contributed by atoms with Crippen LogP contribution in [0.4, 0.5) is 5.69 Å². The molecule has 1 unspecified atom stereocenters. The first-order valence-corrected chi connectivity index (χ1v) is 9.62. The van der Waals surface area contributed by atoms with Crippen LogP contribution in [0, 0.1) is 0 Å². The number of hydrogen-bond donors (Lipinski definition) is 0. The molecule has 5 nitrogen and oxygen atoms in total. The smallest absolute Gasteiger partial charge is 0.326 e. The van der Waals surface area contributed by atoms with Gasteiger partial charge in [0.2, 0.25) is 0 Å². The number of thiophene rings is 1. The number of halogens is 1. The third-order valence-corrected chi connectivity index (χ3v) is 6.01. The predicted octanol–water partition coefficient (Wildman–Crippen LogP) is 4.41. The average Bonchev–Trinajstić information content (AvgIpc) is 3.00. The lowest BCUT2D eigenvalue weighted by Crippen LogP contribution is -2.47. The number of anilines is 1. The number of ether oxygens (including phenoxy) is 2. The Hall–Kier alpha value is -2.57. The van der Waals surface area contributed by atoms with Crippen molar-refractivity contribution in [3.05, 3.63) is 58.4 Å². The summed E-state index contributed by atoms with van der Waals surface area (Å²) >= 11 is 7.87. The highest BCUT2D eigenvalue weighted by atomic mass is 35.5. The van der Waals surface area contributed by atoms with Gasteiger partial charge in [0.05, 0.1) is 15.6 Å². The number of benzene rings is 2. The molecule has 3 aromatic rings. The van der Waals surface area contributed by atoms with Gasteiger partial charge in [0.1, 0.15) is 18.9 Å². The van der Waals surface area contributed by atoms with E-state index in [2.05, 4.69) is 0 Å². The van der Waals surface area contributed by atoms with E-state index >= 15 is 0 Å². The molecular weight excluding hydrogens is 386 g/mol. The van der Waals surface area contributed by atoms with E-state index in [0.717, 1.165) is 15.0 Å². The van der Waals surface area contributed by atoms with Gasteiger partial charge in [0, 0.05) is 10.1 Å². The monoisotopic (exact) mass is 401 g/mol. The first-order chi connectivity index (χ1) is 13.0. The Kier molecular flexibility index (Phi) is 4.76. The van der Waals surface area contributed by atoms with Crippen molar-refractivity contribution in [3.8, 4) is 5.75 Å². The van der Waals surface area contributed by atoms with Gasteiger partial charge in [-0.25, -0.2) is 0 Å². The maximum absolute atomic E-state index is 12.4. The number of hydrogen-bond acceptors (Lipinski definition) is 5. The maximum atomic E-state index is 12.4. The fraction of sp³-hybridized carbons (Fsp3) is 0.200. The number of carbonyl (C=O) groups excluding carboxylic acids is 2. The summed E-state index contributed by atoms with van der Waals surface area (Å²) in [5.74, 6) is -0.198. The SMILES string of the molecule is CC1Oc2ccccc2N(CC(=O)OCc2sc3ccccc3c2Cl)C1=O. The van der Waals surface area contributed by atoms with Gasteiger partial charge in [0.25, 0.3) is 5.91 Å². The first kappa shape index (κ1) is 17.8. The molecule has 0 aliphatic carbocycles. The van der Waals surface area contributed by atoms with Crippen LogP contribution in [0.15, 0.2) is 48.5 Å². The summed E-state index contributed by atoms with van der Waals surface area (Å²) in [6.07, 6.45) is -0.648. The van der Waals surface area contributed by atoms with Crippen molar-refractivity contribution >= 4 is 50.6 Å². The van der Waals surface area contributed by atoms with E-state index in [1.54, 1.807) is 25.1 Å². The molecule has 7 heteroatoms. The Balaban J connectivity index is 1.48. The van der Waals surface area contributed by atoms with Crippen LogP contribution in [0.3, 0.4) is 0 Å². The summed E-state index contributed by atoms with van der Waals surface area (Å²) in [7, 11) is 0. The van der Waals surface area contributed by atoms with Gasteiger partial charge in [-0.3, -0.25) is 14.5 Å². The van der Waals surface area contributed by atoms with Gasteiger partial charge in [-0.05, 0) is 25.1 Å². The van der Waals surface area contributed by atoms with E-state index < -0.39 is 12.1 Å². The van der Waals surface area contributed by atoms with E-state index in [9.17, 15) is 9.59 Å². The Bertz CT molecular complexity index is 1030. The molecule has 4 rings (SSSR count). The Labute approximate surface area is 165 Å². The molecule has 0 spiro atoms. The van der Waals surface area contributed by atoms with E-state index in [-0.39, 0.29) is 19.1 Å². The normalized spacial score (nSPS) is 16.1. The fourth-order valence-corrected chi connectivity index (χ4v) is 4.40. The largest absolute Gasteiger partial charge is 0.479 e. The summed E-state index contributed by atoms with van der Waals surface area (Å²) < 4.78 is 12.0. The van der Waals surface area contributed by atoms with Crippen LogP contribution < -0.4 is 9.64 Å². The molecule has 0 N–H and O–H groups in total. The van der Waals surface area contributed by atoms with Gasteiger partial charge in [-0.2, -0.15) is 0 Å².